The molecule has 0 atom stereocenters. The summed E-state index contributed by atoms with van der Waals surface area (Å²) in [7, 11) is 0. The number of benzene rings is 3. The molecule has 29 heavy (non-hydrogen) atoms. The highest BCUT2D eigenvalue weighted by Gasteiger charge is 2.07. The van der Waals surface area contributed by atoms with E-state index < -0.39 is 0 Å². The maximum atomic E-state index is 12.2. The van der Waals surface area contributed by atoms with Gasteiger partial charge in [-0.3, -0.25) is 4.79 Å². The van der Waals surface area contributed by atoms with Crippen LogP contribution in [-0.2, 0) is 11.2 Å². The minimum absolute atomic E-state index is 0.0165. The lowest BCUT2D eigenvalue weighted by Gasteiger charge is -2.10. The normalized spacial score (nSPS) is 10.8. The standard InChI is InChI=1S/C24H22N2O2S/c1-16-7-12-21(17(2)13-16)28-15-23(27)25-19-10-8-18(9-11-19)14-24-26-20-5-3-4-6-22(20)29-24/h3-13H,14-15H2,1-2H3,(H,25,27). The first-order valence-corrected chi connectivity index (χ1v) is 10.3. The van der Waals surface area contributed by atoms with Crippen molar-refractivity contribution in [2.45, 2.75) is 20.3 Å². The van der Waals surface area contributed by atoms with E-state index in [1.807, 2.05) is 74.5 Å². The lowest BCUT2D eigenvalue weighted by Crippen LogP contribution is -2.20. The zero-order valence-electron chi connectivity index (χ0n) is 16.4. The number of carbonyl (C=O) groups excluding carboxylic acids is 1. The molecular formula is C24H22N2O2S. The van der Waals surface area contributed by atoms with Crippen LogP contribution in [-0.4, -0.2) is 17.5 Å². The molecule has 0 aliphatic carbocycles. The third-order valence-corrected chi connectivity index (χ3v) is 5.66. The van der Waals surface area contributed by atoms with Gasteiger partial charge in [0.1, 0.15) is 5.75 Å². The SMILES string of the molecule is Cc1ccc(OCC(=O)Nc2ccc(Cc3nc4ccccc4s3)cc2)c(C)c1. The minimum atomic E-state index is -0.177. The summed E-state index contributed by atoms with van der Waals surface area (Å²) in [4.78, 5) is 16.9. The Morgan fingerprint density at radius 2 is 1.83 bits per heavy atom. The predicted molar refractivity (Wildman–Crippen MR) is 119 cm³/mol. The van der Waals surface area contributed by atoms with Crippen LogP contribution < -0.4 is 10.1 Å². The molecule has 0 unspecified atom stereocenters. The molecular weight excluding hydrogens is 380 g/mol. The van der Waals surface area contributed by atoms with E-state index in [1.54, 1.807) is 11.3 Å². The molecule has 1 N–H and O–H groups in total. The van der Waals surface area contributed by atoms with Gasteiger partial charge in [0.05, 0.1) is 15.2 Å². The fourth-order valence-corrected chi connectivity index (χ4v) is 4.18. The molecule has 3 aromatic carbocycles. The van der Waals surface area contributed by atoms with Gasteiger partial charge in [-0.25, -0.2) is 4.98 Å². The van der Waals surface area contributed by atoms with Crippen LogP contribution in [0.5, 0.6) is 5.75 Å². The molecule has 146 valence electrons. The summed E-state index contributed by atoms with van der Waals surface area (Å²) in [5, 5.41) is 3.97. The van der Waals surface area contributed by atoms with E-state index in [0.29, 0.717) is 0 Å². The van der Waals surface area contributed by atoms with Crippen molar-refractivity contribution in [2.24, 2.45) is 0 Å². The van der Waals surface area contributed by atoms with Crippen molar-refractivity contribution in [1.82, 2.24) is 4.98 Å². The van der Waals surface area contributed by atoms with E-state index in [1.165, 1.54) is 10.3 Å². The number of nitrogens with one attached hydrogen (secondary N) is 1. The Morgan fingerprint density at radius 1 is 1.03 bits per heavy atom. The van der Waals surface area contributed by atoms with Crippen LogP contribution in [0.4, 0.5) is 5.69 Å². The number of thiazole rings is 1. The van der Waals surface area contributed by atoms with Gasteiger partial charge in [-0.05, 0) is 55.3 Å². The number of anilines is 1. The maximum absolute atomic E-state index is 12.2. The second kappa shape index (κ2) is 8.45. The predicted octanol–water partition coefficient (Wildman–Crippen LogP) is 5.52. The first-order chi connectivity index (χ1) is 14.1. The summed E-state index contributed by atoms with van der Waals surface area (Å²) in [6, 6.07) is 22.0. The number of hydrogen-bond donors (Lipinski definition) is 1. The number of carbonyl (C=O) groups is 1. The largest absolute Gasteiger partial charge is 0.483 e. The Morgan fingerprint density at radius 3 is 2.59 bits per heavy atom. The Bertz CT molecular complexity index is 1120. The monoisotopic (exact) mass is 402 g/mol. The van der Waals surface area contributed by atoms with Crippen molar-refractivity contribution in [3.8, 4) is 5.75 Å². The van der Waals surface area contributed by atoms with Gasteiger partial charge in [0.25, 0.3) is 5.91 Å². The van der Waals surface area contributed by atoms with Crippen LogP contribution >= 0.6 is 11.3 Å². The molecule has 4 nitrogen and oxygen atoms in total. The van der Waals surface area contributed by atoms with E-state index in [2.05, 4.69) is 16.4 Å². The van der Waals surface area contributed by atoms with Crippen molar-refractivity contribution in [1.29, 1.82) is 0 Å². The number of hydrogen-bond acceptors (Lipinski definition) is 4. The average molecular weight is 403 g/mol. The number of fused-ring (bicyclic) bond motifs is 1. The number of nitrogens with zero attached hydrogens (tertiary/aromatic N) is 1. The lowest BCUT2D eigenvalue weighted by atomic mass is 10.1. The van der Waals surface area contributed by atoms with E-state index >= 15 is 0 Å². The van der Waals surface area contributed by atoms with Crippen molar-refractivity contribution in [3.05, 3.63) is 88.4 Å². The smallest absolute Gasteiger partial charge is 0.262 e. The van der Waals surface area contributed by atoms with Gasteiger partial charge in [-0.2, -0.15) is 0 Å². The Balaban J connectivity index is 1.33. The molecule has 1 amide bonds. The summed E-state index contributed by atoms with van der Waals surface area (Å²) in [6.07, 6.45) is 0.781. The summed E-state index contributed by atoms with van der Waals surface area (Å²) in [6.45, 7) is 3.99. The lowest BCUT2D eigenvalue weighted by molar-refractivity contribution is -0.118. The molecule has 1 heterocycles. The number of aryl methyl sites for hydroxylation is 2. The number of amides is 1. The molecule has 0 saturated heterocycles. The summed E-state index contributed by atoms with van der Waals surface area (Å²) in [5.41, 5.74) is 5.16. The van der Waals surface area contributed by atoms with E-state index in [-0.39, 0.29) is 12.5 Å². The average Bonchev–Trinajstić information content (AvgIpc) is 3.11. The molecule has 0 spiro atoms. The first kappa shape index (κ1) is 19.2. The molecule has 4 rings (SSSR count). The quantitative estimate of drug-likeness (QED) is 0.462. The summed E-state index contributed by atoms with van der Waals surface area (Å²) < 4.78 is 6.84. The van der Waals surface area contributed by atoms with Gasteiger partial charge in [0, 0.05) is 12.1 Å². The van der Waals surface area contributed by atoms with Crippen LogP contribution in [0.3, 0.4) is 0 Å². The van der Waals surface area contributed by atoms with Gasteiger partial charge in [-0.15, -0.1) is 11.3 Å². The summed E-state index contributed by atoms with van der Waals surface area (Å²) in [5.74, 6) is 0.556. The second-order valence-corrected chi connectivity index (χ2v) is 8.17. The van der Waals surface area contributed by atoms with E-state index in [0.717, 1.165) is 39.5 Å². The van der Waals surface area contributed by atoms with Crippen molar-refractivity contribution >= 4 is 33.1 Å². The third kappa shape index (κ3) is 4.81. The molecule has 0 saturated carbocycles. The van der Waals surface area contributed by atoms with Crippen molar-refractivity contribution in [2.75, 3.05) is 11.9 Å². The Labute approximate surface area is 174 Å². The topological polar surface area (TPSA) is 51.2 Å². The molecule has 1 aromatic heterocycles. The highest BCUT2D eigenvalue weighted by atomic mass is 32.1. The third-order valence-electron chi connectivity index (χ3n) is 4.62. The van der Waals surface area contributed by atoms with Crippen LogP contribution in [0.1, 0.15) is 21.7 Å². The van der Waals surface area contributed by atoms with Gasteiger partial charge in [0.2, 0.25) is 0 Å². The van der Waals surface area contributed by atoms with Crippen LogP contribution in [0.2, 0.25) is 0 Å². The van der Waals surface area contributed by atoms with Crippen LogP contribution in [0.25, 0.3) is 10.2 Å². The highest BCUT2D eigenvalue weighted by molar-refractivity contribution is 7.18. The number of para-hydroxylation sites is 1. The van der Waals surface area contributed by atoms with Gasteiger partial charge in [-0.1, -0.05) is 42.0 Å². The Kier molecular flexibility index (Phi) is 5.58. The zero-order chi connectivity index (χ0) is 20.2. The Hall–Kier alpha value is -3.18. The minimum Gasteiger partial charge on any atom is -0.483 e. The van der Waals surface area contributed by atoms with Crippen LogP contribution in [0.15, 0.2) is 66.7 Å². The first-order valence-electron chi connectivity index (χ1n) is 9.50. The van der Waals surface area contributed by atoms with E-state index in [4.69, 9.17) is 4.74 Å². The molecule has 0 aliphatic heterocycles. The van der Waals surface area contributed by atoms with Gasteiger partial charge in [0.15, 0.2) is 6.61 Å². The molecule has 5 heteroatoms. The highest BCUT2D eigenvalue weighted by Crippen LogP contribution is 2.24. The van der Waals surface area contributed by atoms with E-state index in [9.17, 15) is 4.79 Å². The summed E-state index contributed by atoms with van der Waals surface area (Å²) >= 11 is 1.72. The van der Waals surface area contributed by atoms with Crippen molar-refractivity contribution in [3.63, 3.8) is 0 Å². The zero-order valence-corrected chi connectivity index (χ0v) is 17.3. The number of rotatable bonds is 6. The fourth-order valence-electron chi connectivity index (χ4n) is 3.18. The number of aromatic nitrogens is 1. The fraction of sp³-hybridized carbons (Fsp3) is 0.167. The maximum Gasteiger partial charge on any atom is 0.262 e. The van der Waals surface area contributed by atoms with Gasteiger partial charge >= 0.3 is 0 Å². The second-order valence-electron chi connectivity index (χ2n) is 7.05. The molecule has 0 aliphatic rings. The van der Waals surface area contributed by atoms with Crippen molar-refractivity contribution < 1.29 is 9.53 Å². The molecule has 0 radical (unpaired) electrons. The van der Waals surface area contributed by atoms with Crippen LogP contribution in [0, 0.1) is 13.8 Å². The molecule has 0 fully saturated rings. The van der Waals surface area contributed by atoms with Gasteiger partial charge < -0.3 is 10.1 Å². The molecule has 0 bridgehead atoms. The number of ether oxygens (including phenoxy) is 1. The molecule has 4 aromatic rings.